The number of aliphatic hydroxyl groups is 9. The molecule has 4 aliphatic carbocycles. The molecule has 0 spiro atoms. The zero-order chi connectivity index (χ0) is 38.8. The summed E-state index contributed by atoms with van der Waals surface area (Å²) in [5.41, 5.74) is -1.25. The predicted molar refractivity (Wildman–Crippen MR) is 189 cm³/mol. The van der Waals surface area contributed by atoms with E-state index in [1.54, 1.807) is 0 Å². The first-order valence-corrected chi connectivity index (χ1v) is 19.8. The molecule has 14 nitrogen and oxygen atoms in total. The zero-order valence-corrected chi connectivity index (χ0v) is 31.9. The Hall–Kier alpha value is -0.820. The van der Waals surface area contributed by atoms with Crippen LogP contribution in [0.25, 0.3) is 0 Å². The Kier molecular flexibility index (Phi) is 12.5. The molecular formula is C39H66O14. The van der Waals surface area contributed by atoms with Crippen LogP contribution in [0.2, 0.25) is 0 Å². The van der Waals surface area contributed by atoms with Crippen LogP contribution < -0.4 is 0 Å². The highest BCUT2D eigenvalue weighted by Gasteiger charge is 2.71. The topological polar surface area (TPSA) is 228 Å². The molecule has 9 N–H and O–H groups in total. The maximum atomic E-state index is 12.6. The molecule has 0 bridgehead atoms. The third-order valence-electron chi connectivity index (χ3n) is 15.0. The Balaban J connectivity index is 1.05. The molecule has 0 amide bonds. The molecule has 4 saturated carbocycles. The van der Waals surface area contributed by atoms with Crippen molar-refractivity contribution in [3.8, 4) is 0 Å². The third-order valence-corrected chi connectivity index (χ3v) is 15.0. The molecule has 0 aromatic heterocycles. The minimum absolute atomic E-state index is 0.0761. The van der Waals surface area contributed by atoms with Gasteiger partial charge < -0.3 is 69.6 Å². The molecule has 21 atom stereocenters. The summed E-state index contributed by atoms with van der Waals surface area (Å²) in [7, 11) is 1.34. The lowest BCUT2D eigenvalue weighted by molar-refractivity contribution is -0.346. The molecule has 306 valence electrons. The smallest absolute Gasteiger partial charge is 0.187 e. The lowest BCUT2D eigenvalue weighted by Gasteiger charge is -2.66. The van der Waals surface area contributed by atoms with Gasteiger partial charge in [-0.05, 0) is 73.5 Å². The number of fused-ring (bicyclic) bond motifs is 5. The minimum atomic E-state index is -1.37. The van der Waals surface area contributed by atoms with Gasteiger partial charge in [0.05, 0.1) is 49.8 Å². The first-order chi connectivity index (χ1) is 24.9. The zero-order valence-electron chi connectivity index (χ0n) is 31.9. The highest BCUT2D eigenvalue weighted by molar-refractivity contribution is 5.21. The largest absolute Gasteiger partial charge is 0.393 e. The summed E-state index contributed by atoms with van der Waals surface area (Å²) in [5.74, 6) is -0.926. The van der Waals surface area contributed by atoms with Crippen molar-refractivity contribution in [2.45, 2.75) is 158 Å². The summed E-state index contributed by atoms with van der Waals surface area (Å²) in [4.78, 5) is 0. The van der Waals surface area contributed by atoms with Crippen LogP contribution in [0, 0.1) is 46.3 Å². The number of ether oxygens (including phenoxy) is 5. The Morgan fingerprint density at radius 3 is 2.08 bits per heavy atom. The molecule has 2 aliphatic heterocycles. The van der Waals surface area contributed by atoms with E-state index < -0.39 is 96.5 Å². The highest BCUT2D eigenvalue weighted by atomic mass is 16.8. The maximum absolute atomic E-state index is 12.6. The van der Waals surface area contributed by atoms with Gasteiger partial charge in [0.2, 0.25) is 0 Å². The van der Waals surface area contributed by atoms with E-state index in [2.05, 4.69) is 20.4 Å². The second-order valence-electron chi connectivity index (χ2n) is 18.1. The van der Waals surface area contributed by atoms with Crippen molar-refractivity contribution in [2.24, 2.45) is 46.3 Å². The summed E-state index contributed by atoms with van der Waals surface area (Å²) >= 11 is 0. The lowest BCUT2D eigenvalue weighted by atomic mass is 9.41. The molecule has 0 radical (unpaired) electrons. The van der Waals surface area contributed by atoms with Gasteiger partial charge in [-0.15, -0.1) is 0 Å². The third kappa shape index (κ3) is 7.30. The Bertz CT molecular complexity index is 1270. The molecule has 0 aromatic carbocycles. The Morgan fingerprint density at radius 1 is 0.792 bits per heavy atom. The van der Waals surface area contributed by atoms with Crippen molar-refractivity contribution in [1.29, 1.82) is 0 Å². The minimum Gasteiger partial charge on any atom is -0.393 e. The summed E-state index contributed by atoms with van der Waals surface area (Å²) in [6.07, 6.45) is -8.46. The normalized spacial score (nSPS) is 52.6. The van der Waals surface area contributed by atoms with Crippen LogP contribution in [0.5, 0.6) is 0 Å². The molecule has 2 heterocycles. The van der Waals surface area contributed by atoms with Crippen molar-refractivity contribution >= 4 is 0 Å². The van der Waals surface area contributed by atoms with Gasteiger partial charge in [-0.3, -0.25) is 0 Å². The van der Waals surface area contributed by atoms with Crippen LogP contribution in [0.1, 0.15) is 79.1 Å². The number of aliphatic hydroxyl groups excluding tert-OH is 8. The second-order valence-corrected chi connectivity index (χ2v) is 18.1. The summed E-state index contributed by atoms with van der Waals surface area (Å²) < 4.78 is 28.6. The average molecular weight is 759 g/mol. The van der Waals surface area contributed by atoms with Gasteiger partial charge in [0.15, 0.2) is 12.6 Å². The van der Waals surface area contributed by atoms with Crippen LogP contribution in [-0.2, 0) is 23.7 Å². The molecular weight excluding hydrogens is 692 g/mol. The standard InChI is InChI=1S/C39H66O14/c1-18(20(3)15-50-35-33(31(47)26(44)16-51-35)53-36-32(49-6)30(46)25(43)17-52-36)7-8-19(2)21-13-23(41)34-37(21,4)12-10-27-38(5)11-9-22(40)29(45)28(38)24(42)14-39(27,34)48/h19-36,40-48H,1,7-17H2,2-6H3/t19-,20?,21?,22+,23?,24?,25-,26-,27?,28?,29+,30+,31+,32-,33-,34?,35-,36+,37-,38-,39+/m1/s1. The van der Waals surface area contributed by atoms with Crippen molar-refractivity contribution in [2.75, 3.05) is 26.9 Å². The van der Waals surface area contributed by atoms with Gasteiger partial charge in [-0.25, -0.2) is 0 Å². The number of hydrogen-bond acceptors (Lipinski definition) is 14. The van der Waals surface area contributed by atoms with Crippen LogP contribution in [0.4, 0.5) is 0 Å². The fourth-order valence-electron chi connectivity index (χ4n) is 12.1. The molecule has 53 heavy (non-hydrogen) atoms. The van der Waals surface area contributed by atoms with E-state index in [4.69, 9.17) is 23.7 Å². The Morgan fingerprint density at radius 2 is 1.42 bits per heavy atom. The molecule has 0 aromatic rings. The summed E-state index contributed by atoms with van der Waals surface area (Å²) in [6, 6.07) is 0. The summed E-state index contributed by atoms with van der Waals surface area (Å²) in [6.45, 7) is 12.6. The molecule has 2 saturated heterocycles. The number of methoxy groups -OCH3 is 1. The van der Waals surface area contributed by atoms with Crippen LogP contribution >= 0.6 is 0 Å². The van der Waals surface area contributed by atoms with E-state index in [-0.39, 0.29) is 55.3 Å². The monoisotopic (exact) mass is 758 g/mol. The lowest BCUT2D eigenvalue weighted by Crippen LogP contribution is -2.70. The van der Waals surface area contributed by atoms with E-state index in [9.17, 15) is 46.0 Å². The van der Waals surface area contributed by atoms with E-state index in [1.165, 1.54) is 7.11 Å². The number of rotatable bonds is 11. The van der Waals surface area contributed by atoms with E-state index >= 15 is 0 Å². The van der Waals surface area contributed by atoms with Gasteiger partial charge in [-0.2, -0.15) is 0 Å². The van der Waals surface area contributed by atoms with Crippen LogP contribution in [-0.4, -0.2) is 152 Å². The molecule has 6 aliphatic rings. The van der Waals surface area contributed by atoms with Gasteiger partial charge >= 0.3 is 0 Å². The molecule has 7 unspecified atom stereocenters. The highest BCUT2D eigenvalue weighted by Crippen LogP contribution is 2.69. The SMILES string of the molecule is C=C(CC[C@@H](C)C1CC(O)C2[C@]1(C)CCC1[C@@]3(C)CC[C@H](O)[C@H](O)C3C(O)C[C@]12O)C(C)CO[C@@H]1OC[C@@H](O)[C@H](O)[C@H]1O[C@@H]1OC[C@@H](O)[C@H](O)[C@H]1OC. The van der Waals surface area contributed by atoms with Crippen molar-refractivity contribution < 1.29 is 69.6 Å². The van der Waals surface area contributed by atoms with E-state index in [1.807, 2.05) is 13.8 Å². The predicted octanol–water partition coefficient (Wildman–Crippen LogP) is 0.215. The molecule has 14 heteroatoms. The molecule has 6 fully saturated rings. The van der Waals surface area contributed by atoms with Gasteiger partial charge in [0.1, 0.15) is 36.6 Å². The van der Waals surface area contributed by atoms with Crippen LogP contribution in [0.3, 0.4) is 0 Å². The maximum Gasteiger partial charge on any atom is 0.187 e. The fourth-order valence-corrected chi connectivity index (χ4v) is 12.1. The first-order valence-electron chi connectivity index (χ1n) is 19.8. The molecule has 6 rings (SSSR count). The van der Waals surface area contributed by atoms with Crippen LogP contribution in [0.15, 0.2) is 12.2 Å². The fraction of sp³-hybridized carbons (Fsp3) is 0.949. The average Bonchev–Trinajstić information content (AvgIpc) is 3.39. The second kappa shape index (κ2) is 15.8. The Labute approximate surface area is 313 Å². The number of hydrogen-bond donors (Lipinski definition) is 9. The van der Waals surface area contributed by atoms with Crippen molar-refractivity contribution in [3.63, 3.8) is 0 Å². The summed E-state index contributed by atoms with van der Waals surface area (Å²) in [5, 5.41) is 98.5. The van der Waals surface area contributed by atoms with Crippen molar-refractivity contribution in [1.82, 2.24) is 0 Å². The van der Waals surface area contributed by atoms with Gasteiger partial charge in [0.25, 0.3) is 0 Å². The van der Waals surface area contributed by atoms with Gasteiger partial charge in [-0.1, -0.05) is 39.8 Å². The quantitative estimate of drug-likeness (QED) is 0.129. The van der Waals surface area contributed by atoms with E-state index in [0.29, 0.717) is 25.7 Å². The van der Waals surface area contributed by atoms with E-state index in [0.717, 1.165) is 24.8 Å². The van der Waals surface area contributed by atoms with Crippen molar-refractivity contribution in [3.05, 3.63) is 12.2 Å². The van der Waals surface area contributed by atoms with Gasteiger partial charge in [0, 0.05) is 31.3 Å². The first kappa shape index (κ1) is 41.8.